The summed E-state index contributed by atoms with van der Waals surface area (Å²) in [6.07, 6.45) is 9.22. The van der Waals surface area contributed by atoms with Crippen molar-refractivity contribution in [1.29, 1.82) is 0 Å². The number of benzene rings is 1. The molecule has 1 fully saturated rings. The molecule has 0 atom stereocenters. The Bertz CT molecular complexity index is 822. The molecule has 0 saturated heterocycles. The molecule has 0 spiro atoms. The number of aryl methyl sites for hydroxylation is 1. The maximum absolute atomic E-state index is 12.2. The van der Waals surface area contributed by atoms with Gasteiger partial charge in [-0.2, -0.15) is 0 Å². The van der Waals surface area contributed by atoms with Crippen LogP contribution in [0.5, 0.6) is 0 Å². The van der Waals surface area contributed by atoms with E-state index in [-0.39, 0.29) is 5.91 Å². The second-order valence-electron chi connectivity index (χ2n) is 7.49. The number of nitrogens with zero attached hydrogens (tertiary/aromatic N) is 2. The summed E-state index contributed by atoms with van der Waals surface area (Å²) in [5.41, 5.74) is 5.90. The Balaban J connectivity index is 1.43. The Labute approximate surface area is 152 Å². The van der Waals surface area contributed by atoms with E-state index in [2.05, 4.69) is 22.8 Å². The van der Waals surface area contributed by atoms with Crippen molar-refractivity contribution in [2.24, 2.45) is 0 Å². The van der Waals surface area contributed by atoms with E-state index in [0.29, 0.717) is 12.5 Å². The molecule has 5 rings (SSSR count). The molecule has 2 aliphatic heterocycles. The third-order valence-corrected chi connectivity index (χ3v) is 6.51. The van der Waals surface area contributed by atoms with Gasteiger partial charge in [-0.25, -0.2) is 4.98 Å². The molecule has 0 unspecified atom stereocenters. The summed E-state index contributed by atoms with van der Waals surface area (Å²) in [5, 5.41) is 6.81. The van der Waals surface area contributed by atoms with Crippen LogP contribution in [0.4, 0.5) is 10.8 Å². The fourth-order valence-electron chi connectivity index (χ4n) is 4.52. The van der Waals surface area contributed by atoms with Crippen molar-refractivity contribution in [1.82, 2.24) is 4.98 Å². The fraction of sp³-hybridized carbons (Fsp3) is 0.500. The van der Waals surface area contributed by atoms with Crippen molar-refractivity contribution in [2.75, 3.05) is 16.8 Å². The van der Waals surface area contributed by atoms with Gasteiger partial charge in [-0.05, 0) is 48.9 Å². The van der Waals surface area contributed by atoms with Gasteiger partial charge < -0.3 is 10.2 Å². The van der Waals surface area contributed by atoms with Crippen LogP contribution in [0.2, 0.25) is 0 Å². The van der Waals surface area contributed by atoms with E-state index in [1.807, 2.05) is 4.90 Å². The molecule has 4 nitrogen and oxygen atoms in total. The number of aromatic nitrogens is 1. The highest BCUT2D eigenvalue weighted by molar-refractivity contribution is 7.14. The number of hydrogen-bond donors (Lipinski definition) is 1. The maximum atomic E-state index is 12.2. The summed E-state index contributed by atoms with van der Waals surface area (Å²) >= 11 is 1.70. The van der Waals surface area contributed by atoms with Crippen LogP contribution >= 0.6 is 11.3 Å². The first-order chi connectivity index (χ1) is 12.3. The van der Waals surface area contributed by atoms with Crippen LogP contribution in [0.3, 0.4) is 0 Å². The van der Waals surface area contributed by atoms with Gasteiger partial charge in [0.05, 0.1) is 17.8 Å². The Morgan fingerprint density at radius 1 is 1.12 bits per heavy atom. The highest BCUT2D eigenvalue weighted by Crippen LogP contribution is 2.40. The minimum Gasteiger partial charge on any atom is -0.359 e. The molecular formula is C20H23N3OS. The minimum absolute atomic E-state index is 0.256. The van der Waals surface area contributed by atoms with E-state index >= 15 is 0 Å². The largest absolute Gasteiger partial charge is 0.359 e. The molecule has 1 saturated carbocycles. The first-order valence-electron chi connectivity index (χ1n) is 9.46. The van der Waals surface area contributed by atoms with Crippen molar-refractivity contribution >= 4 is 28.1 Å². The fourth-order valence-corrected chi connectivity index (χ4v) is 5.32. The van der Waals surface area contributed by atoms with E-state index in [1.54, 1.807) is 11.3 Å². The van der Waals surface area contributed by atoms with E-state index in [9.17, 15) is 4.79 Å². The summed E-state index contributed by atoms with van der Waals surface area (Å²) in [5.74, 6) is 0.256. The lowest BCUT2D eigenvalue weighted by Crippen LogP contribution is -2.31. The van der Waals surface area contributed by atoms with Crippen molar-refractivity contribution in [3.63, 3.8) is 0 Å². The molecule has 2 aromatic rings. The number of carbonyl (C=O) groups is 1. The van der Waals surface area contributed by atoms with Crippen LogP contribution < -0.4 is 10.2 Å². The zero-order chi connectivity index (χ0) is 16.8. The summed E-state index contributed by atoms with van der Waals surface area (Å²) in [6.45, 7) is 0.879. The van der Waals surface area contributed by atoms with Crippen molar-refractivity contribution in [2.45, 2.75) is 57.4 Å². The molecule has 1 amide bonds. The molecule has 1 aliphatic carbocycles. The average molecular weight is 353 g/mol. The molecule has 1 aromatic heterocycles. The first kappa shape index (κ1) is 15.4. The summed E-state index contributed by atoms with van der Waals surface area (Å²) < 4.78 is 0. The summed E-state index contributed by atoms with van der Waals surface area (Å²) in [6, 6.07) is 5.02. The second kappa shape index (κ2) is 6.13. The topological polar surface area (TPSA) is 45.2 Å². The number of hydrogen-bond acceptors (Lipinski definition) is 4. The first-order valence-corrected chi connectivity index (χ1v) is 10.3. The molecule has 3 heterocycles. The van der Waals surface area contributed by atoms with Gasteiger partial charge in [-0.1, -0.05) is 19.3 Å². The van der Waals surface area contributed by atoms with Gasteiger partial charge in [-0.3, -0.25) is 4.79 Å². The van der Waals surface area contributed by atoms with Crippen LogP contribution in [0.25, 0.3) is 11.3 Å². The quantitative estimate of drug-likeness (QED) is 0.890. The Morgan fingerprint density at radius 3 is 2.84 bits per heavy atom. The molecule has 1 N–H and O–H groups in total. The van der Waals surface area contributed by atoms with E-state index in [4.69, 9.17) is 4.98 Å². The smallest absolute Gasteiger partial charge is 0.231 e. The standard InChI is InChI=1S/C20H23N3OS/c24-18-11-15-10-14(9-13-5-4-8-23(18)19(13)15)17-12-25-20(22-17)21-16-6-2-1-3-7-16/h9-10,12,16H,1-8,11H2,(H,21,22). The predicted octanol–water partition coefficient (Wildman–Crippen LogP) is 4.39. The SMILES string of the molecule is O=C1Cc2cc(-c3csc(NC4CCCCC4)n3)cc3c2N1CCC3. The Morgan fingerprint density at radius 2 is 1.96 bits per heavy atom. The highest BCUT2D eigenvalue weighted by atomic mass is 32.1. The average Bonchev–Trinajstić information content (AvgIpc) is 3.22. The summed E-state index contributed by atoms with van der Waals surface area (Å²) in [7, 11) is 0. The molecular weight excluding hydrogens is 330 g/mol. The van der Waals surface area contributed by atoms with Gasteiger partial charge in [0, 0.05) is 23.5 Å². The molecule has 3 aliphatic rings. The van der Waals surface area contributed by atoms with Crippen molar-refractivity contribution < 1.29 is 4.79 Å². The highest BCUT2D eigenvalue weighted by Gasteiger charge is 2.32. The van der Waals surface area contributed by atoms with Gasteiger partial charge in [-0.15, -0.1) is 11.3 Å². The van der Waals surface area contributed by atoms with Crippen LogP contribution in [0.15, 0.2) is 17.5 Å². The second-order valence-corrected chi connectivity index (χ2v) is 8.34. The number of anilines is 2. The zero-order valence-electron chi connectivity index (χ0n) is 14.4. The van der Waals surface area contributed by atoms with Crippen LogP contribution in [0.1, 0.15) is 49.7 Å². The number of nitrogens with one attached hydrogen (secondary N) is 1. The molecule has 0 bridgehead atoms. The number of amides is 1. The van der Waals surface area contributed by atoms with Gasteiger partial charge in [0.15, 0.2) is 5.13 Å². The van der Waals surface area contributed by atoms with Crippen molar-refractivity contribution in [3.8, 4) is 11.3 Å². The van der Waals surface area contributed by atoms with Gasteiger partial charge in [0.1, 0.15) is 0 Å². The van der Waals surface area contributed by atoms with Crippen LogP contribution in [-0.4, -0.2) is 23.5 Å². The minimum atomic E-state index is 0.256. The Hall–Kier alpha value is -1.88. The molecule has 0 radical (unpaired) electrons. The third-order valence-electron chi connectivity index (χ3n) is 5.74. The van der Waals surface area contributed by atoms with E-state index in [0.717, 1.165) is 30.2 Å². The summed E-state index contributed by atoms with van der Waals surface area (Å²) in [4.78, 5) is 19.0. The lowest BCUT2D eigenvalue weighted by molar-refractivity contribution is -0.117. The van der Waals surface area contributed by atoms with Crippen LogP contribution in [-0.2, 0) is 17.6 Å². The third kappa shape index (κ3) is 2.74. The predicted molar refractivity (Wildman–Crippen MR) is 102 cm³/mol. The lowest BCUT2D eigenvalue weighted by atomic mass is 9.96. The van der Waals surface area contributed by atoms with Gasteiger partial charge in [0.2, 0.25) is 5.91 Å². The monoisotopic (exact) mass is 353 g/mol. The number of carbonyl (C=O) groups excluding carboxylic acids is 1. The lowest BCUT2D eigenvalue weighted by Gasteiger charge is -2.25. The maximum Gasteiger partial charge on any atom is 0.231 e. The normalized spacial score (nSPS) is 20.0. The van der Waals surface area contributed by atoms with Crippen LogP contribution in [0, 0.1) is 0 Å². The number of rotatable bonds is 3. The van der Waals surface area contributed by atoms with E-state index in [1.165, 1.54) is 54.5 Å². The molecule has 130 valence electrons. The molecule has 5 heteroatoms. The van der Waals surface area contributed by atoms with Crippen molar-refractivity contribution in [3.05, 3.63) is 28.6 Å². The molecule has 1 aromatic carbocycles. The zero-order valence-corrected chi connectivity index (χ0v) is 15.2. The number of thiazole rings is 1. The van der Waals surface area contributed by atoms with Gasteiger partial charge in [0.25, 0.3) is 0 Å². The van der Waals surface area contributed by atoms with Gasteiger partial charge >= 0.3 is 0 Å². The Kier molecular flexibility index (Phi) is 3.77. The van der Waals surface area contributed by atoms with E-state index < -0.39 is 0 Å². The molecule has 25 heavy (non-hydrogen) atoms.